The zero-order chi connectivity index (χ0) is 33.8. The first-order valence-corrected chi connectivity index (χ1v) is 16.8. The summed E-state index contributed by atoms with van der Waals surface area (Å²) in [7, 11) is 0. The van der Waals surface area contributed by atoms with E-state index in [2.05, 4.69) is 15.9 Å². The van der Waals surface area contributed by atoms with Gasteiger partial charge in [-0.3, -0.25) is 9.69 Å². The van der Waals surface area contributed by atoms with E-state index < -0.39 is 23.8 Å². The van der Waals surface area contributed by atoms with Gasteiger partial charge < -0.3 is 34.6 Å². The van der Waals surface area contributed by atoms with Gasteiger partial charge in [0.2, 0.25) is 0 Å². The zero-order valence-corrected chi connectivity index (χ0v) is 27.9. The van der Waals surface area contributed by atoms with Crippen LogP contribution in [0.5, 0.6) is 11.5 Å². The first-order valence-electron chi connectivity index (χ1n) is 16.0. The largest absolute Gasteiger partial charge is 0.490 e. The van der Waals surface area contributed by atoms with Gasteiger partial charge in [-0.2, -0.15) is 0 Å². The molecule has 0 radical (unpaired) electrons. The molecule has 2 fully saturated rings. The zero-order valence-electron chi connectivity index (χ0n) is 26.3. The van der Waals surface area contributed by atoms with Crippen molar-refractivity contribution >= 4 is 34.0 Å². The van der Waals surface area contributed by atoms with Crippen LogP contribution in [0, 0.1) is 0 Å². The number of fused-ring (bicyclic) bond motifs is 2. The Labute approximate surface area is 287 Å². The topological polar surface area (TPSA) is 140 Å². The van der Waals surface area contributed by atoms with Gasteiger partial charge in [0.1, 0.15) is 24.7 Å². The molecule has 0 spiro atoms. The molecule has 3 amide bonds. The van der Waals surface area contributed by atoms with E-state index in [1.165, 1.54) is 9.80 Å². The lowest BCUT2D eigenvalue weighted by molar-refractivity contribution is -0.130. The second kappa shape index (κ2) is 14.3. The SMILES string of the molecule is O=C(O)N1CC2C(C(=O)N(Cc3ccccc3CCO)C3CC3)=CCC(c3ccc(OCCOc4ccc(Br)cc4)cc3)(C1)N2C(=O)O. The third kappa shape index (κ3) is 7.00. The summed E-state index contributed by atoms with van der Waals surface area (Å²) in [5.74, 6) is 0.986. The van der Waals surface area contributed by atoms with Gasteiger partial charge in [0.05, 0.1) is 18.1 Å². The molecule has 48 heavy (non-hydrogen) atoms. The quantitative estimate of drug-likeness (QED) is 0.209. The molecule has 1 saturated heterocycles. The number of carbonyl (C=O) groups is 3. The third-order valence-corrected chi connectivity index (χ3v) is 9.80. The van der Waals surface area contributed by atoms with E-state index in [4.69, 9.17) is 9.47 Å². The maximum absolute atomic E-state index is 14.3. The molecule has 252 valence electrons. The van der Waals surface area contributed by atoms with Gasteiger partial charge in [0.25, 0.3) is 5.91 Å². The van der Waals surface area contributed by atoms with Gasteiger partial charge in [-0.1, -0.05) is 58.4 Å². The Morgan fingerprint density at radius 2 is 1.50 bits per heavy atom. The molecular weight excluding hydrogens is 682 g/mol. The highest BCUT2D eigenvalue weighted by Gasteiger charge is 2.55. The molecule has 2 atom stereocenters. The normalized spacial score (nSPS) is 20.1. The Hall–Kier alpha value is -4.55. The van der Waals surface area contributed by atoms with Crippen LogP contribution < -0.4 is 9.47 Å². The van der Waals surface area contributed by atoms with Crippen molar-refractivity contribution in [3.8, 4) is 11.5 Å². The molecular formula is C36H38BrN3O8. The molecule has 3 aromatic rings. The summed E-state index contributed by atoms with van der Waals surface area (Å²) in [5.41, 5.74) is 1.53. The number of rotatable bonds is 12. The Morgan fingerprint density at radius 1 is 0.875 bits per heavy atom. The highest BCUT2D eigenvalue weighted by molar-refractivity contribution is 9.10. The lowest BCUT2D eigenvalue weighted by atomic mass is 9.75. The average molecular weight is 721 g/mol. The lowest BCUT2D eigenvalue weighted by Crippen LogP contribution is -2.69. The van der Waals surface area contributed by atoms with E-state index >= 15 is 0 Å². The summed E-state index contributed by atoms with van der Waals surface area (Å²) < 4.78 is 12.5. The van der Waals surface area contributed by atoms with E-state index in [9.17, 15) is 29.7 Å². The minimum absolute atomic E-state index is 0.0116. The van der Waals surface area contributed by atoms with Crippen molar-refractivity contribution in [1.29, 1.82) is 0 Å². The Morgan fingerprint density at radius 3 is 2.08 bits per heavy atom. The van der Waals surface area contributed by atoms with Crippen LogP contribution in [0.2, 0.25) is 0 Å². The number of benzene rings is 3. The smallest absolute Gasteiger partial charge is 0.408 e. The van der Waals surface area contributed by atoms with E-state index in [1.54, 1.807) is 29.2 Å². The van der Waals surface area contributed by atoms with Gasteiger partial charge in [-0.15, -0.1) is 0 Å². The van der Waals surface area contributed by atoms with E-state index in [0.717, 1.165) is 34.2 Å². The molecule has 2 aliphatic heterocycles. The molecule has 3 aliphatic rings. The van der Waals surface area contributed by atoms with Crippen molar-refractivity contribution in [2.75, 3.05) is 32.9 Å². The summed E-state index contributed by atoms with van der Waals surface area (Å²) in [6.45, 7) is 0.677. The second-order valence-electron chi connectivity index (χ2n) is 12.3. The Bertz CT molecular complexity index is 1680. The second-order valence-corrected chi connectivity index (χ2v) is 13.2. The summed E-state index contributed by atoms with van der Waals surface area (Å²) >= 11 is 3.40. The monoisotopic (exact) mass is 719 g/mol. The number of carboxylic acid groups (broad SMARTS) is 2. The first-order chi connectivity index (χ1) is 23.2. The number of ether oxygens (including phenoxy) is 2. The number of aliphatic hydroxyl groups is 1. The Kier molecular flexibility index (Phi) is 9.93. The number of hydrogen-bond acceptors (Lipinski definition) is 6. The molecule has 2 bridgehead atoms. The summed E-state index contributed by atoms with van der Waals surface area (Å²) in [6, 6.07) is 21.2. The highest BCUT2D eigenvalue weighted by Crippen LogP contribution is 2.45. The summed E-state index contributed by atoms with van der Waals surface area (Å²) in [4.78, 5) is 44.0. The van der Waals surface area contributed by atoms with Crippen molar-refractivity contribution in [3.05, 3.63) is 106 Å². The predicted molar refractivity (Wildman–Crippen MR) is 180 cm³/mol. The van der Waals surface area contributed by atoms with Crippen LogP contribution in [0.15, 0.2) is 88.9 Å². The number of carbonyl (C=O) groups excluding carboxylic acids is 1. The van der Waals surface area contributed by atoms with Crippen molar-refractivity contribution < 1.29 is 39.2 Å². The molecule has 0 aromatic heterocycles. The molecule has 6 rings (SSSR count). The average Bonchev–Trinajstić information content (AvgIpc) is 3.92. The number of piperazine rings is 1. The van der Waals surface area contributed by atoms with Crippen LogP contribution in [0.3, 0.4) is 0 Å². The number of amides is 3. The standard InChI is InChI=1S/C36H38BrN3O8/c37-27-7-13-30(14-8-27)48-20-19-47-29-11-5-26(6-12-29)36-17-15-31(32(40(36)35(45)46)22-38(23-36)34(43)44)33(42)39(28-9-10-28)21-25-4-2-1-3-24(25)16-18-41/h1-8,11-15,28,32,41H,9-10,16-23H2,(H,43,44)(H,45,46). The number of hydrogen-bond donors (Lipinski definition) is 3. The van der Waals surface area contributed by atoms with Crippen LogP contribution in [0.25, 0.3) is 0 Å². The van der Waals surface area contributed by atoms with Crippen molar-refractivity contribution in [2.24, 2.45) is 0 Å². The number of halogens is 1. The maximum atomic E-state index is 14.3. The minimum atomic E-state index is -1.24. The first kappa shape index (κ1) is 33.4. The van der Waals surface area contributed by atoms with Gasteiger partial charge >= 0.3 is 12.2 Å². The van der Waals surface area contributed by atoms with E-state index in [0.29, 0.717) is 30.9 Å². The fourth-order valence-electron chi connectivity index (χ4n) is 6.79. The fourth-order valence-corrected chi connectivity index (χ4v) is 7.05. The lowest BCUT2D eigenvalue weighted by Gasteiger charge is -2.55. The number of nitrogens with zero attached hydrogens (tertiary/aromatic N) is 3. The molecule has 2 heterocycles. The van der Waals surface area contributed by atoms with Crippen LogP contribution in [-0.2, 0) is 23.3 Å². The molecule has 2 unspecified atom stereocenters. The summed E-state index contributed by atoms with van der Waals surface area (Å²) in [6.07, 6.45) is 1.67. The van der Waals surface area contributed by atoms with Crippen molar-refractivity contribution in [2.45, 2.75) is 49.9 Å². The fraction of sp³-hybridized carbons (Fsp3) is 0.361. The minimum Gasteiger partial charge on any atom is -0.490 e. The maximum Gasteiger partial charge on any atom is 0.408 e. The van der Waals surface area contributed by atoms with Crippen LogP contribution in [0.1, 0.15) is 36.0 Å². The molecule has 1 aliphatic carbocycles. The van der Waals surface area contributed by atoms with Crippen LogP contribution >= 0.6 is 15.9 Å². The highest BCUT2D eigenvalue weighted by atomic mass is 79.9. The molecule has 11 nitrogen and oxygen atoms in total. The number of aliphatic hydroxyl groups excluding tert-OH is 1. The summed E-state index contributed by atoms with van der Waals surface area (Å²) in [5, 5.41) is 30.3. The van der Waals surface area contributed by atoms with Gasteiger partial charge in [0, 0.05) is 35.8 Å². The van der Waals surface area contributed by atoms with Crippen LogP contribution in [0.4, 0.5) is 9.59 Å². The van der Waals surface area contributed by atoms with Crippen LogP contribution in [-0.4, -0.2) is 93.1 Å². The molecule has 1 saturated carbocycles. The van der Waals surface area contributed by atoms with E-state index in [-0.39, 0.29) is 50.2 Å². The third-order valence-electron chi connectivity index (χ3n) is 9.28. The van der Waals surface area contributed by atoms with E-state index in [1.807, 2.05) is 54.6 Å². The Balaban J connectivity index is 1.24. The molecule has 12 heteroatoms. The van der Waals surface area contributed by atoms with Crippen molar-refractivity contribution in [1.82, 2.24) is 14.7 Å². The molecule has 3 aromatic carbocycles. The predicted octanol–water partition coefficient (Wildman–Crippen LogP) is 5.50. The van der Waals surface area contributed by atoms with Gasteiger partial charge in [-0.25, -0.2) is 9.59 Å². The van der Waals surface area contributed by atoms with Gasteiger partial charge in [0.15, 0.2) is 0 Å². The van der Waals surface area contributed by atoms with Crippen molar-refractivity contribution in [3.63, 3.8) is 0 Å². The molecule has 3 N–H and O–H groups in total. The van der Waals surface area contributed by atoms with Gasteiger partial charge in [-0.05, 0) is 78.8 Å².